The Balaban J connectivity index is 1.85. The van der Waals surface area contributed by atoms with Crippen LogP contribution in [0.3, 0.4) is 0 Å². The van der Waals surface area contributed by atoms with Crippen LogP contribution in [0.1, 0.15) is 24.3 Å². The smallest absolute Gasteiger partial charge is 0.126 e. The molecule has 0 spiro atoms. The van der Waals surface area contributed by atoms with Gasteiger partial charge in [0.05, 0.1) is 18.6 Å². The van der Waals surface area contributed by atoms with Gasteiger partial charge in [-0.25, -0.2) is 4.39 Å². The van der Waals surface area contributed by atoms with Crippen LogP contribution in [0.15, 0.2) is 48.5 Å². The maximum atomic E-state index is 13.0. The summed E-state index contributed by atoms with van der Waals surface area (Å²) in [4.78, 5) is 0. The predicted octanol–water partition coefficient (Wildman–Crippen LogP) is 4.95. The number of nitrogens with zero attached hydrogens (tertiary/aromatic N) is 1. The van der Waals surface area contributed by atoms with Gasteiger partial charge in [0.1, 0.15) is 11.6 Å². The van der Waals surface area contributed by atoms with Gasteiger partial charge in [0.2, 0.25) is 0 Å². The van der Waals surface area contributed by atoms with Crippen molar-refractivity contribution < 1.29 is 9.13 Å². The van der Waals surface area contributed by atoms with Crippen molar-refractivity contribution in [2.45, 2.75) is 18.8 Å². The fourth-order valence-corrected chi connectivity index (χ4v) is 2.35. The lowest BCUT2D eigenvalue weighted by atomic mass is 9.96. The van der Waals surface area contributed by atoms with E-state index in [1.165, 1.54) is 12.1 Å². The summed E-state index contributed by atoms with van der Waals surface area (Å²) in [6.45, 7) is 0.437. The van der Waals surface area contributed by atoms with E-state index in [0.717, 1.165) is 5.56 Å². The number of ether oxygens (including phenoxy) is 1. The van der Waals surface area contributed by atoms with Crippen LogP contribution in [-0.2, 0) is 0 Å². The van der Waals surface area contributed by atoms with Crippen LogP contribution in [0.4, 0.5) is 4.39 Å². The van der Waals surface area contributed by atoms with E-state index in [-0.39, 0.29) is 11.7 Å². The molecule has 0 aliphatic heterocycles. The number of nitriles is 1. The average Bonchev–Trinajstić information content (AvgIpc) is 2.49. The van der Waals surface area contributed by atoms with Crippen LogP contribution in [0, 0.1) is 17.1 Å². The summed E-state index contributed by atoms with van der Waals surface area (Å²) in [6.07, 6.45) is 1.34. The summed E-state index contributed by atoms with van der Waals surface area (Å²) >= 11 is 6.10. The summed E-state index contributed by atoms with van der Waals surface area (Å²) in [6, 6.07) is 15.6. The molecule has 2 aromatic carbocycles. The lowest BCUT2D eigenvalue weighted by Gasteiger charge is -2.11. The Bertz CT molecular complexity index is 639. The van der Waals surface area contributed by atoms with Crippen LogP contribution in [0.5, 0.6) is 5.75 Å². The van der Waals surface area contributed by atoms with E-state index in [2.05, 4.69) is 6.07 Å². The lowest BCUT2D eigenvalue weighted by molar-refractivity contribution is 0.303. The molecule has 0 amide bonds. The van der Waals surface area contributed by atoms with Gasteiger partial charge in [-0.3, -0.25) is 0 Å². The topological polar surface area (TPSA) is 33.0 Å². The Morgan fingerprint density at radius 1 is 1.19 bits per heavy atom. The Kier molecular flexibility index (Phi) is 5.59. The third-order valence-corrected chi connectivity index (χ3v) is 3.48. The van der Waals surface area contributed by atoms with Crippen LogP contribution < -0.4 is 4.74 Å². The van der Waals surface area contributed by atoms with Crippen LogP contribution in [-0.4, -0.2) is 6.61 Å². The van der Waals surface area contributed by atoms with Gasteiger partial charge in [0.15, 0.2) is 0 Å². The largest absolute Gasteiger partial charge is 0.493 e. The van der Waals surface area contributed by atoms with E-state index in [4.69, 9.17) is 16.3 Å². The van der Waals surface area contributed by atoms with E-state index in [1.807, 2.05) is 18.2 Å². The second-order valence-corrected chi connectivity index (χ2v) is 5.06. The third kappa shape index (κ3) is 4.47. The molecule has 2 nitrogen and oxygen atoms in total. The van der Waals surface area contributed by atoms with Crippen molar-refractivity contribution in [2.75, 3.05) is 6.61 Å². The van der Waals surface area contributed by atoms with Crippen molar-refractivity contribution in [3.63, 3.8) is 0 Å². The number of halogens is 2. The zero-order valence-electron chi connectivity index (χ0n) is 11.4. The van der Waals surface area contributed by atoms with Gasteiger partial charge in [-0.05, 0) is 36.6 Å². The fraction of sp³-hybridized carbons (Fsp3) is 0.235. The van der Waals surface area contributed by atoms with Gasteiger partial charge in [0, 0.05) is 11.1 Å². The predicted molar refractivity (Wildman–Crippen MR) is 80.9 cm³/mol. The summed E-state index contributed by atoms with van der Waals surface area (Å²) < 4.78 is 18.5. The molecule has 1 atom stereocenters. The maximum Gasteiger partial charge on any atom is 0.126 e. The molecule has 0 aliphatic carbocycles. The van der Waals surface area contributed by atoms with Gasteiger partial charge < -0.3 is 4.74 Å². The minimum absolute atomic E-state index is 0.255. The highest BCUT2D eigenvalue weighted by atomic mass is 35.5. The number of rotatable bonds is 6. The Hall–Kier alpha value is -2.05. The van der Waals surface area contributed by atoms with E-state index >= 15 is 0 Å². The lowest BCUT2D eigenvalue weighted by Crippen LogP contribution is -2.02. The minimum Gasteiger partial charge on any atom is -0.493 e. The molecule has 0 bridgehead atoms. The molecule has 0 aromatic heterocycles. The molecule has 0 fully saturated rings. The molecule has 4 heteroatoms. The molecule has 0 N–H and O–H groups in total. The van der Waals surface area contributed by atoms with Crippen molar-refractivity contribution in [1.29, 1.82) is 5.26 Å². The van der Waals surface area contributed by atoms with E-state index in [0.29, 0.717) is 30.2 Å². The van der Waals surface area contributed by atoms with Crippen LogP contribution >= 0.6 is 11.6 Å². The van der Waals surface area contributed by atoms with Crippen molar-refractivity contribution in [1.82, 2.24) is 0 Å². The number of hydrogen-bond acceptors (Lipinski definition) is 2. The summed E-state index contributed by atoms with van der Waals surface area (Å²) in [5, 5.41) is 9.86. The highest BCUT2D eigenvalue weighted by Gasteiger charge is 2.13. The summed E-state index contributed by atoms with van der Waals surface area (Å²) in [5.74, 6) is -0.0745. The van der Waals surface area contributed by atoms with Crippen molar-refractivity contribution in [2.24, 2.45) is 0 Å². The minimum atomic E-state index is -0.321. The normalized spacial score (nSPS) is 11.7. The van der Waals surface area contributed by atoms with Gasteiger partial charge in [-0.15, -0.1) is 0 Å². The highest BCUT2D eigenvalue weighted by Crippen LogP contribution is 2.27. The molecular formula is C17H15ClFNO. The number of benzene rings is 2. The van der Waals surface area contributed by atoms with E-state index in [1.54, 1.807) is 18.2 Å². The summed E-state index contributed by atoms with van der Waals surface area (Å²) in [5.41, 5.74) is 0.840. The van der Waals surface area contributed by atoms with Crippen LogP contribution in [0.2, 0.25) is 5.02 Å². The standard InChI is InChI=1S/C17H15ClFNO/c18-17-9-2-1-8-16(17)13(12-20)5-4-10-21-15-7-3-6-14(19)11-15/h1-3,6-9,11,13H,4-5,10H2. The van der Waals surface area contributed by atoms with Crippen molar-refractivity contribution in [3.8, 4) is 11.8 Å². The quantitative estimate of drug-likeness (QED) is 0.708. The molecule has 21 heavy (non-hydrogen) atoms. The molecule has 1 unspecified atom stereocenters. The molecule has 0 heterocycles. The van der Waals surface area contributed by atoms with Crippen molar-refractivity contribution in [3.05, 3.63) is 64.9 Å². The molecule has 0 radical (unpaired) electrons. The first-order chi connectivity index (χ1) is 10.2. The first-order valence-corrected chi connectivity index (χ1v) is 7.11. The first-order valence-electron chi connectivity index (χ1n) is 6.73. The van der Waals surface area contributed by atoms with E-state index in [9.17, 15) is 9.65 Å². The maximum absolute atomic E-state index is 13.0. The molecule has 2 aromatic rings. The Morgan fingerprint density at radius 2 is 2.00 bits per heavy atom. The molecule has 0 saturated heterocycles. The van der Waals surface area contributed by atoms with Gasteiger partial charge in [0.25, 0.3) is 0 Å². The molecule has 108 valence electrons. The third-order valence-electron chi connectivity index (χ3n) is 3.14. The second-order valence-electron chi connectivity index (χ2n) is 4.65. The van der Waals surface area contributed by atoms with E-state index < -0.39 is 0 Å². The van der Waals surface area contributed by atoms with Gasteiger partial charge in [-0.2, -0.15) is 5.26 Å². The molecule has 0 aliphatic rings. The summed E-state index contributed by atoms with van der Waals surface area (Å²) in [7, 11) is 0. The second kappa shape index (κ2) is 7.66. The number of hydrogen-bond donors (Lipinski definition) is 0. The zero-order chi connectivity index (χ0) is 15.1. The average molecular weight is 304 g/mol. The van der Waals surface area contributed by atoms with Crippen molar-refractivity contribution >= 4 is 11.6 Å². The van der Waals surface area contributed by atoms with Crippen LogP contribution in [0.25, 0.3) is 0 Å². The first kappa shape index (κ1) is 15.3. The SMILES string of the molecule is N#CC(CCCOc1cccc(F)c1)c1ccccc1Cl. The molecular weight excluding hydrogens is 289 g/mol. The van der Waals surface area contributed by atoms with Gasteiger partial charge in [-0.1, -0.05) is 35.9 Å². The monoisotopic (exact) mass is 303 g/mol. The Labute approximate surface area is 128 Å². The Morgan fingerprint density at radius 3 is 2.71 bits per heavy atom. The van der Waals surface area contributed by atoms with Gasteiger partial charge >= 0.3 is 0 Å². The molecule has 2 rings (SSSR count). The highest BCUT2D eigenvalue weighted by molar-refractivity contribution is 6.31. The fourth-order valence-electron chi connectivity index (χ4n) is 2.08. The zero-order valence-corrected chi connectivity index (χ0v) is 12.2. The molecule has 0 saturated carbocycles.